The number of sulfonamides is 1. The molecule has 136 valence electrons. The number of aromatic nitrogens is 6. The van der Waals surface area contributed by atoms with Gasteiger partial charge in [-0.15, -0.1) is 10.2 Å². The first-order chi connectivity index (χ1) is 12.6. The van der Waals surface area contributed by atoms with E-state index in [4.69, 9.17) is 4.74 Å². The molecule has 1 N–H and O–H groups in total. The van der Waals surface area contributed by atoms with Gasteiger partial charge in [0.25, 0.3) is 10.0 Å². The lowest BCUT2D eigenvalue weighted by Gasteiger charge is -2.30. The zero-order valence-corrected chi connectivity index (χ0v) is 14.6. The van der Waals surface area contributed by atoms with E-state index in [1.807, 2.05) is 0 Å². The fraction of sp³-hybridized carbons (Fsp3) is 0.333. The van der Waals surface area contributed by atoms with Crippen molar-refractivity contribution in [3.63, 3.8) is 0 Å². The average molecular weight is 375 g/mol. The monoisotopic (exact) mass is 375 g/mol. The lowest BCUT2D eigenvalue weighted by atomic mass is 10.1. The third kappa shape index (κ3) is 3.30. The summed E-state index contributed by atoms with van der Waals surface area (Å²) >= 11 is 0. The Hall–Kier alpha value is -2.79. The molecule has 1 fully saturated rings. The Bertz CT molecular complexity index is 932. The second-order valence-electron chi connectivity index (χ2n) is 5.82. The summed E-state index contributed by atoms with van der Waals surface area (Å²) in [5.74, 6) is 1.01. The van der Waals surface area contributed by atoms with Gasteiger partial charge >= 0.3 is 0 Å². The Kier molecular flexibility index (Phi) is 4.39. The maximum absolute atomic E-state index is 12.4. The molecule has 3 aromatic rings. The molecule has 1 saturated heterocycles. The largest absolute Gasteiger partial charge is 0.473 e. The van der Waals surface area contributed by atoms with Crippen molar-refractivity contribution in [1.29, 1.82) is 0 Å². The first-order valence-corrected chi connectivity index (χ1v) is 9.56. The van der Waals surface area contributed by atoms with E-state index in [-0.39, 0.29) is 11.1 Å². The van der Waals surface area contributed by atoms with Crippen LogP contribution < -0.4 is 4.74 Å². The van der Waals surface area contributed by atoms with Gasteiger partial charge < -0.3 is 9.72 Å². The van der Waals surface area contributed by atoms with Crippen molar-refractivity contribution < 1.29 is 13.2 Å². The second kappa shape index (κ2) is 6.84. The van der Waals surface area contributed by atoms with Crippen molar-refractivity contribution in [1.82, 2.24) is 34.3 Å². The highest BCUT2D eigenvalue weighted by atomic mass is 32.2. The van der Waals surface area contributed by atoms with E-state index < -0.39 is 10.0 Å². The van der Waals surface area contributed by atoms with Crippen molar-refractivity contribution in [3.8, 4) is 11.7 Å². The summed E-state index contributed by atoms with van der Waals surface area (Å²) in [6.07, 6.45) is 7.17. The molecule has 0 saturated carbocycles. The Balaban J connectivity index is 1.35. The summed E-state index contributed by atoms with van der Waals surface area (Å²) in [7, 11) is -3.52. The first kappa shape index (κ1) is 16.7. The lowest BCUT2D eigenvalue weighted by Crippen LogP contribution is -2.41. The standard InChI is InChI=1S/C15H17N7O3S/c23-26(24,15-10-16-11-17-15)21-8-4-12(5-9-21)25-14-3-2-13(19-20-14)22-7-1-6-18-22/h1-3,6-7,10-12H,4-5,8-9H2,(H,16,17). The molecule has 0 bridgehead atoms. The molecule has 3 aromatic heterocycles. The summed E-state index contributed by atoms with van der Waals surface area (Å²) in [6, 6.07) is 5.31. The van der Waals surface area contributed by atoms with Crippen molar-refractivity contribution in [2.75, 3.05) is 13.1 Å². The topological polar surface area (TPSA) is 119 Å². The van der Waals surface area contributed by atoms with E-state index in [9.17, 15) is 8.42 Å². The highest BCUT2D eigenvalue weighted by Crippen LogP contribution is 2.22. The van der Waals surface area contributed by atoms with Gasteiger partial charge in [-0.05, 0) is 25.0 Å². The molecule has 0 unspecified atom stereocenters. The number of nitrogens with one attached hydrogen (secondary N) is 1. The number of piperidine rings is 1. The minimum Gasteiger partial charge on any atom is -0.473 e. The van der Waals surface area contributed by atoms with Gasteiger partial charge in [0.2, 0.25) is 5.88 Å². The van der Waals surface area contributed by atoms with Crippen LogP contribution in [0.3, 0.4) is 0 Å². The number of hydrogen-bond donors (Lipinski definition) is 1. The van der Waals surface area contributed by atoms with Crippen LogP contribution in [0.15, 0.2) is 48.1 Å². The molecule has 4 heterocycles. The fourth-order valence-electron chi connectivity index (χ4n) is 2.79. The van der Waals surface area contributed by atoms with Gasteiger partial charge in [0, 0.05) is 31.5 Å². The summed E-state index contributed by atoms with van der Waals surface area (Å²) in [6.45, 7) is 0.760. The van der Waals surface area contributed by atoms with E-state index in [0.717, 1.165) is 0 Å². The SMILES string of the molecule is O=S(=O)(c1cnc[nH]1)N1CCC(Oc2ccc(-n3cccn3)nn2)CC1. The van der Waals surface area contributed by atoms with Gasteiger partial charge in [-0.1, -0.05) is 0 Å². The van der Waals surface area contributed by atoms with Crippen molar-refractivity contribution >= 4 is 10.0 Å². The number of imidazole rings is 1. The fourth-order valence-corrected chi connectivity index (χ4v) is 4.15. The van der Waals surface area contributed by atoms with Gasteiger partial charge in [-0.3, -0.25) is 0 Å². The van der Waals surface area contributed by atoms with Crippen LogP contribution in [0.1, 0.15) is 12.8 Å². The van der Waals surface area contributed by atoms with E-state index in [0.29, 0.717) is 37.6 Å². The molecule has 0 amide bonds. The van der Waals surface area contributed by atoms with Gasteiger partial charge in [0.1, 0.15) is 6.10 Å². The van der Waals surface area contributed by atoms with Crippen LogP contribution in [-0.2, 0) is 10.0 Å². The summed E-state index contributed by atoms with van der Waals surface area (Å²) in [5, 5.41) is 12.3. The van der Waals surface area contributed by atoms with Crippen LogP contribution in [0.4, 0.5) is 0 Å². The highest BCUT2D eigenvalue weighted by molar-refractivity contribution is 7.89. The highest BCUT2D eigenvalue weighted by Gasteiger charge is 2.31. The van der Waals surface area contributed by atoms with Crippen molar-refractivity contribution in [2.45, 2.75) is 24.0 Å². The molecule has 4 rings (SSSR count). The molecular weight excluding hydrogens is 358 g/mol. The van der Waals surface area contributed by atoms with Crippen LogP contribution in [0, 0.1) is 0 Å². The number of aromatic amines is 1. The van der Waals surface area contributed by atoms with Crippen LogP contribution in [0.5, 0.6) is 5.88 Å². The van der Waals surface area contributed by atoms with Gasteiger partial charge in [-0.2, -0.15) is 9.40 Å². The van der Waals surface area contributed by atoms with Gasteiger partial charge in [0.05, 0.1) is 12.5 Å². The molecule has 1 aliphatic rings. The molecule has 0 spiro atoms. The maximum Gasteiger partial charge on any atom is 0.260 e. The Morgan fingerprint density at radius 3 is 2.65 bits per heavy atom. The number of nitrogens with zero attached hydrogens (tertiary/aromatic N) is 6. The molecule has 26 heavy (non-hydrogen) atoms. The maximum atomic E-state index is 12.4. The zero-order valence-electron chi connectivity index (χ0n) is 13.8. The summed E-state index contributed by atoms with van der Waals surface area (Å²) in [4.78, 5) is 6.42. The molecule has 0 atom stereocenters. The van der Waals surface area contributed by atoms with Crippen LogP contribution in [0.25, 0.3) is 5.82 Å². The zero-order chi connectivity index (χ0) is 18.0. The third-order valence-electron chi connectivity index (χ3n) is 4.14. The van der Waals surface area contributed by atoms with E-state index >= 15 is 0 Å². The third-order valence-corrected chi connectivity index (χ3v) is 5.97. The molecule has 0 aliphatic carbocycles. The number of H-pyrrole nitrogens is 1. The average Bonchev–Trinajstić information content (AvgIpc) is 3.37. The van der Waals surface area contributed by atoms with Crippen LogP contribution >= 0.6 is 0 Å². The van der Waals surface area contributed by atoms with Crippen molar-refractivity contribution in [3.05, 3.63) is 43.1 Å². The van der Waals surface area contributed by atoms with Gasteiger partial charge in [-0.25, -0.2) is 18.1 Å². The molecule has 0 aromatic carbocycles. The van der Waals surface area contributed by atoms with Crippen LogP contribution in [-0.4, -0.2) is 61.9 Å². The number of rotatable bonds is 5. The van der Waals surface area contributed by atoms with Crippen molar-refractivity contribution in [2.24, 2.45) is 0 Å². The molecule has 11 heteroatoms. The van der Waals surface area contributed by atoms with Gasteiger partial charge in [0.15, 0.2) is 10.8 Å². The summed E-state index contributed by atoms with van der Waals surface area (Å²) in [5.41, 5.74) is 0. The molecular formula is C15H17N7O3S. The molecule has 1 aliphatic heterocycles. The van der Waals surface area contributed by atoms with E-state index in [1.165, 1.54) is 16.8 Å². The summed E-state index contributed by atoms with van der Waals surface area (Å²) < 4.78 is 33.8. The number of hydrogen-bond acceptors (Lipinski definition) is 7. The Morgan fingerprint density at radius 2 is 2.04 bits per heavy atom. The lowest BCUT2D eigenvalue weighted by molar-refractivity contribution is 0.128. The Labute approximate surface area is 149 Å². The molecule has 10 nitrogen and oxygen atoms in total. The predicted octanol–water partition coefficient (Wildman–Crippen LogP) is 0.617. The predicted molar refractivity (Wildman–Crippen MR) is 90.2 cm³/mol. The van der Waals surface area contributed by atoms with E-state index in [1.54, 1.807) is 35.3 Å². The number of ether oxygens (including phenoxy) is 1. The van der Waals surface area contributed by atoms with Crippen LogP contribution in [0.2, 0.25) is 0 Å². The second-order valence-corrected chi connectivity index (χ2v) is 7.72. The minimum atomic E-state index is -3.52. The smallest absolute Gasteiger partial charge is 0.260 e. The van der Waals surface area contributed by atoms with E-state index in [2.05, 4.69) is 25.3 Å². The Morgan fingerprint density at radius 1 is 1.19 bits per heavy atom. The quantitative estimate of drug-likeness (QED) is 0.694. The molecule has 0 radical (unpaired) electrons. The normalized spacial score (nSPS) is 16.6. The first-order valence-electron chi connectivity index (χ1n) is 8.12. The minimum absolute atomic E-state index is 0.104.